The molecule has 0 bridgehead atoms. The highest BCUT2D eigenvalue weighted by Gasteiger charge is 2.20. The van der Waals surface area contributed by atoms with E-state index < -0.39 is 5.97 Å². The van der Waals surface area contributed by atoms with Crippen LogP contribution in [-0.4, -0.2) is 16.2 Å². The van der Waals surface area contributed by atoms with E-state index in [1.54, 1.807) is 6.07 Å². The lowest BCUT2D eigenvalue weighted by atomic mass is 9.97. The summed E-state index contributed by atoms with van der Waals surface area (Å²) in [4.78, 5) is 10.9. The summed E-state index contributed by atoms with van der Waals surface area (Å²) in [6, 6.07) is 1.56. The number of nitrogen functional groups attached to an aromatic ring is 1. The van der Waals surface area contributed by atoms with Crippen molar-refractivity contribution in [2.75, 3.05) is 5.73 Å². The Morgan fingerprint density at radius 3 is 2.62 bits per heavy atom. The van der Waals surface area contributed by atoms with Gasteiger partial charge in [0.05, 0.1) is 5.69 Å². The Morgan fingerprint density at radius 2 is 1.94 bits per heavy atom. The van der Waals surface area contributed by atoms with Gasteiger partial charge in [-0.1, -0.05) is 6.42 Å². The van der Waals surface area contributed by atoms with Gasteiger partial charge in [-0.15, -0.1) is 0 Å². The summed E-state index contributed by atoms with van der Waals surface area (Å²) >= 11 is 0. The molecule has 1 aliphatic carbocycles. The molecule has 4 heteroatoms. The van der Waals surface area contributed by atoms with Crippen molar-refractivity contribution in [3.8, 4) is 5.75 Å². The molecule has 16 heavy (non-hydrogen) atoms. The van der Waals surface area contributed by atoms with Crippen molar-refractivity contribution in [3.05, 3.63) is 22.8 Å². The Morgan fingerprint density at radius 1 is 1.25 bits per heavy atom. The first-order valence-electron chi connectivity index (χ1n) is 5.47. The summed E-state index contributed by atoms with van der Waals surface area (Å²) in [6.07, 6.45) is 4.89. The number of aromatic carboxylic acids is 1. The predicted molar refractivity (Wildman–Crippen MR) is 60.7 cm³/mol. The maximum Gasteiger partial charge on any atom is 0.339 e. The summed E-state index contributed by atoms with van der Waals surface area (Å²) in [6.45, 7) is 0. The Kier molecular flexibility index (Phi) is 2.73. The third-order valence-corrected chi connectivity index (χ3v) is 3.14. The second kappa shape index (κ2) is 4.04. The van der Waals surface area contributed by atoms with E-state index in [0.717, 1.165) is 43.2 Å². The number of nitrogens with two attached hydrogens (primary N) is 1. The van der Waals surface area contributed by atoms with Gasteiger partial charge in [-0.05, 0) is 42.9 Å². The van der Waals surface area contributed by atoms with Gasteiger partial charge in [0.15, 0.2) is 5.75 Å². The molecule has 0 aliphatic heterocycles. The van der Waals surface area contributed by atoms with Crippen LogP contribution in [0.15, 0.2) is 6.07 Å². The molecule has 0 spiro atoms. The fourth-order valence-corrected chi connectivity index (χ4v) is 2.27. The summed E-state index contributed by atoms with van der Waals surface area (Å²) in [5.41, 5.74) is 7.87. The first-order chi connectivity index (χ1) is 7.61. The van der Waals surface area contributed by atoms with E-state index in [2.05, 4.69) is 0 Å². The normalized spacial score (nSPS) is 15.2. The number of rotatable bonds is 1. The Bertz CT molecular complexity index is 440. The van der Waals surface area contributed by atoms with Gasteiger partial charge in [0.1, 0.15) is 5.56 Å². The minimum absolute atomic E-state index is 0.0850. The van der Waals surface area contributed by atoms with Crippen LogP contribution >= 0.6 is 0 Å². The monoisotopic (exact) mass is 221 g/mol. The average Bonchev–Trinajstić information content (AvgIpc) is 2.48. The highest BCUT2D eigenvalue weighted by atomic mass is 16.4. The average molecular weight is 221 g/mol. The van der Waals surface area contributed by atoms with Crippen molar-refractivity contribution in [2.24, 2.45) is 0 Å². The van der Waals surface area contributed by atoms with Gasteiger partial charge in [0.2, 0.25) is 0 Å². The quantitative estimate of drug-likeness (QED) is 0.384. The molecule has 1 aliphatic rings. The van der Waals surface area contributed by atoms with Crippen LogP contribution in [-0.2, 0) is 12.8 Å². The minimum Gasteiger partial charge on any atom is -0.505 e. The van der Waals surface area contributed by atoms with Crippen molar-refractivity contribution < 1.29 is 15.0 Å². The molecular weight excluding hydrogens is 206 g/mol. The first-order valence-corrected chi connectivity index (χ1v) is 5.47. The number of hydrogen-bond acceptors (Lipinski definition) is 3. The van der Waals surface area contributed by atoms with E-state index in [1.165, 1.54) is 0 Å². The van der Waals surface area contributed by atoms with Crippen LogP contribution in [0.3, 0.4) is 0 Å². The number of benzene rings is 1. The number of phenols is 1. The highest BCUT2D eigenvalue weighted by molar-refractivity contribution is 5.94. The molecule has 0 unspecified atom stereocenters. The zero-order chi connectivity index (χ0) is 11.7. The number of anilines is 1. The number of aryl methyl sites for hydroxylation is 1. The molecule has 0 fully saturated rings. The zero-order valence-corrected chi connectivity index (χ0v) is 8.99. The second-order valence-corrected chi connectivity index (χ2v) is 4.19. The molecule has 1 aromatic carbocycles. The van der Waals surface area contributed by atoms with E-state index >= 15 is 0 Å². The smallest absolute Gasteiger partial charge is 0.339 e. The van der Waals surface area contributed by atoms with Gasteiger partial charge in [-0.25, -0.2) is 4.79 Å². The predicted octanol–water partition coefficient (Wildman–Crippen LogP) is 1.94. The molecule has 0 atom stereocenters. The molecule has 86 valence electrons. The van der Waals surface area contributed by atoms with Crippen LogP contribution in [0.4, 0.5) is 5.69 Å². The largest absolute Gasteiger partial charge is 0.505 e. The minimum atomic E-state index is -1.13. The van der Waals surface area contributed by atoms with Gasteiger partial charge in [0, 0.05) is 0 Å². The first kappa shape index (κ1) is 10.8. The van der Waals surface area contributed by atoms with Gasteiger partial charge in [-0.3, -0.25) is 0 Å². The van der Waals surface area contributed by atoms with Crippen molar-refractivity contribution in [1.29, 1.82) is 0 Å². The van der Waals surface area contributed by atoms with E-state index in [4.69, 9.17) is 10.8 Å². The molecule has 0 saturated heterocycles. The van der Waals surface area contributed by atoms with Gasteiger partial charge >= 0.3 is 5.97 Å². The second-order valence-electron chi connectivity index (χ2n) is 4.19. The molecule has 0 aromatic heterocycles. The molecule has 0 amide bonds. The number of carboxylic acids is 1. The summed E-state index contributed by atoms with van der Waals surface area (Å²) < 4.78 is 0. The van der Waals surface area contributed by atoms with Gasteiger partial charge < -0.3 is 15.9 Å². The van der Waals surface area contributed by atoms with Crippen LogP contribution in [0.5, 0.6) is 5.75 Å². The number of aromatic hydroxyl groups is 1. The van der Waals surface area contributed by atoms with Gasteiger partial charge in [0.25, 0.3) is 0 Å². The van der Waals surface area contributed by atoms with E-state index in [9.17, 15) is 9.90 Å². The summed E-state index contributed by atoms with van der Waals surface area (Å²) in [7, 11) is 0. The fraction of sp³-hybridized carbons (Fsp3) is 0.417. The number of hydrogen-bond donors (Lipinski definition) is 3. The molecule has 4 N–H and O–H groups in total. The summed E-state index contributed by atoms with van der Waals surface area (Å²) in [5.74, 6) is -1.41. The number of fused-ring (bicyclic) bond motifs is 1. The van der Waals surface area contributed by atoms with Gasteiger partial charge in [-0.2, -0.15) is 0 Å². The fourth-order valence-electron chi connectivity index (χ4n) is 2.27. The molecular formula is C12H15NO3. The van der Waals surface area contributed by atoms with Crippen LogP contribution in [0.1, 0.15) is 40.7 Å². The lowest BCUT2D eigenvalue weighted by molar-refractivity contribution is 0.0693. The maximum absolute atomic E-state index is 10.9. The molecule has 0 heterocycles. The van der Waals surface area contributed by atoms with E-state index in [-0.39, 0.29) is 17.0 Å². The molecule has 2 rings (SSSR count). The third kappa shape index (κ3) is 1.71. The third-order valence-electron chi connectivity index (χ3n) is 3.14. The molecule has 0 radical (unpaired) electrons. The topological polar surface area (TPSA) is 83.5 Å². The lowest BCUT2D eigenvalue weighted by Gasteiger charge is -2.13. The van der Waals surface area contributed by atoms with Crippen molar-refractivity contribution >= 4 is 11.7 Å². The Hall–Kier alpha value is -1.71. The maximum atomic E-state index is 10.9. The van der Waals surface area contributed by atoms with Crippen molar-refractivity contribution in [1.82, 2.24) is 0 Å². The molecule has 0 saturated carbocycles. The van der Waals surface area contributed by atoms with Crippen LogP contribution in [0.25, 0.3) is 0 Å². The van der Waals surface area contributed by atoms with Crippen LogP contribution < -0.4 is 5.73 Å². The number of carbonyl (C=O) groups is 1. The summed E-state index contributed by atoms with van der Waals surface area (Å²) in [5, 5.41) is 18.7. The molecule has 4 nitrogen and oxygen atoms in total. The van der Waals surface area contributed by atoms with E-state index in [0.29, 0.717) is 0 Å². The Labute approximate surface area is 93.7 Å². The standard InChI is InChI=1S/C12H15NO3/c13-10-8-5-3-1-2-4-7(8)6-9(11(10)14)12(15)16/h6,14H,1-5,13H2,(H,15,16). The van der Waals surface area contributed by atoms with Crippen LogP contribution in [0.2, 0.25) is 0 Å². The zero-order valence-electron chi connectivity index (χ0n) is 8.99. The van der Waals surface area contributed by atoms with Crippen LogP contribution in [0, 0.1) is 0 Å². The Balaban J connectivity index is 2.59. The van der Waals surface area contributed by atoms with Crippen molar-refractivity contribution in [2.45, 2.75) is 32.1 Å². The van der Waals surface area contributed by atoms with E-state index in [1.807, 2.05) is 0 Å². The number of carboxylic acid groups (broad SMARTS) is 1. The SMILES string of the molecule is Nc1c(O)c(C(=O)O)cc2c1CCCCC2. The van der Waals surface area contributed by atoms with Crippen molar-refractivity contribution in [3.63, 3.8) is 0 Å². The lowest BCUT2D eigenvalue weighted by Crippen LogP contribution is -2.05. The highest BCUT2D eigenvalue weighted by Crippen LogP contribution is 2.35. The molecule has 1 aromatic rings.